The highest BCUT2D eigenvalue weighted by Crippen LogP contribution is 2.29. The summed E-state index contributed by atoms with van der Waals surface area (Å²) in [6.45, 7) is 2.49. The summed E-state index contributed by atoms with van der Waals surface area (Å²) in [7, 11) is 0. The topological polar surface area (TPSA) is 68.2 Å². The summed E-state index contributed by atoms with van der Waals surface area (Å²) in [5.41, 5.74) is -1.91. The molecule has 2 rings (SSSR count). The first-order chi connectivity index (χ1) is 9.05. The fraction of sp³-hybridized carbons (Fsp3) is 0.636. The lowest BCUT2D eigenvalue weighted by molar-refractivity contribution is -0.158. The van der Waals surface area contributed by atoms with Gasteiger partial charge in [-0.2, -0.15) is 4.98 Å². The van der Waals surface area contributed by atoms with Crippen molar-refractivity contribution in [3.63, 3.8) is 0 Å². The SMILES string of the molecule is CCOC(=O)C1(F)CCN(c2ncnc(Cl)n2)CC1. The van der Waals surface area contributed by atoms with E-state index in [1.807, 2.05) is 0 Å². The highest BCUT2D eigenvalue weighted by Gasteiger charge is 2.43. The largest absolute Gasteiger partial charge is 0.464 e. The van der Waals surface area contributed by atoms with Crippen LogP contribution in [0.4, 0.5) is 10.3 Å². The molecule has 1 saturated heterocycles. The number of aromatic nitrogens is 3. The van der Waals surface area contributed by atoms with Crippen molar-refractivity contribution in [3.8, 4) is 0 Å². The number of rotatable bonds is 3. The summed E-state index contributed by atoms with van der Waals surface area (Å²) in [6.07, 6.45) is 1.40. The smallest absolute Gasteiger partial charge is 0.344 e. The van der Waals surface area contributed by atoms with Crippen LogP contribution in [-0.4, -0.2) is 46.3 Å². The van der Waals surface area contributed by atoms with E-state index in [0.29, 0.717) is 19.0 Å². The van der Waals surface area contributed by atoms with Crippen LogP contribution >= 0.6 is 11.6 Å². The van der Waals surface area contributed by atoms with E-state index in [-0.39, 0.29) is 24.7 Å². The van der Waals surface area contributed by atoms with E-state index in [1.165, 1.54) is 6.33 Å². The number of hydrogen-bond acceptors (Lipinski definition) is 6. The van der Waals surface area contributed by atoms with Crippen molar-refractivity contribution < 1.29 is 13.9 Å². The van der Waals surface area contributed by atoms with Crippen LogP contribution in [0, 0.1) is 0 Å². The Morgan fingerprint density at radius 1 is 1.53 bits per heavy atom. The maximum absolute atomic E-state index is 14.3. The first kappa shape index (κ1) is 13.9. The predicted molar refractivity (Wildman–Crippen MR) is 66.8 cm³/mol. The fourth-order valence-corrected chi connectivity index (χ4v) is 2.07. The minimum absolute atomic E-state index is 0.0507. The van der Waals surface area contributed by atoms with E-state index < -0.39 is 11.6 Å². The van der Waals surface area contributed by atoms with Crippen molar-refractivity contribution in [1.29, 1.82) is 0 Å². The van der Waals surface area contributed by atoms with Crippen molar-refractivity contribution in [2.75, 3.05) is 24.6 Å². The molecule has 19 heavy (non-hydrogen) atoms. The highest BCUT2D eigenvalue weighted by molar-refractivity contribution is 6.28. The van der Waals surface area contributed by atoms with Gasteiger partial charge in [-0.05, 0) is 18.5 Å². The van der Waals surface area contributed by atoms with Crippen molar-refractivity contribution in [1.82, 2.24) is 15.0 Å². The zero-order valence-corrected chi connectivity index (χ0v) is 11.2. The Balaban J connectivity index is 2.01. The Morgan fingerprint density at radius 2 is 2.21 bits per heavy atom. The number of hydrogen-bond donors (Lipinski definition) is 0. The minimum atomic E-state index is -1.91. The quantitative estimate of drug-likeness (QED) is 0.783. The molecule has 104 valence electrons. The van der Waals surface area contributed by atoms with Gasteiger partial charge in [0.1, 0.15) is 6.33 Å². The Hall–Kier alpha value is -1.50. The van der Waals surface area contributed by atoms with E-state index >= 15 is 0 Å². The van der Waals surface area contributed by atoms with Crippen molar-refractivity contribution in [2.45, 2.75) is 25.4 Å². The summed E-state index contributed by atoms with van der Waals surface area (Å²) >= 11 is 5.67. The van der Waals surface area contributed by atoms with E-state index in [1.54, 1.807) is 11.8 Å². The fourth-order valence-electron chi connectivity index (χ4n) is 1.95. The molecule has 0 saturated carbocycles. The van der Waals surface area contributed by atoms with Gasteiger partial charge in [0.25, 0.3) is 0 Å². The van der Waals surface area contributed by atoms with E-state index in [0.717, 1.165) is 0 Å². The van der Waals surface area contributed by atoms with Crippen LogP contribution in [0.1, 0.15) is 19.8 Å². The monoisotopic (exact) mass is 288 g/mol. The second-order valence-electron chi connectivity index (χ2n) is 4.23. The summed E-state index contributed by atoms with van der Waals surface area (Å²) in [5, 5.41) is 0.0903. The summed E-state index contributed by atoms with van der Waals surface area (Å²) in [5.74, 6) is -0.394. The molecule has 0 radical (unpaired) electrons. The van der Waals surface area contributed by atoms with Gasteiger partial charge < -0.3 is 9.64 Å². The minimum Gasteiger partial charge on any atom is -0.464 e. The molecule has 1 aromatic heterocycles. The first-order valence-corrected chi connectivity index (χ1v) is 6.38. The Morgan fingerprint density at radius 3 is 2.79 bits per heavy atom. The highest BCUT2D eigenvalue weighted by atomic mass is 35.5. The zero-order valence-electron chi connectivity index (χ0n) is 10.5. The summed E-state index contributed by atoms with van der Waals surface area (Å²) in [6, 6.07) is 0. The Labute approximate surface area is 115 Å². The predicted octanol–water partition coefficient (Wildman–Crippen LogP) is 1.40. The lowest BCUT2D eigenvalue weighted by atomic mass is 9.93. The van der Waals surface area contributed by atoms with E-state index in [9.17, 15) is 9.18 Å². The van der Waals surface area contributed by atoms with Crippen LogP contribution in [0.25, 0.3) is 0 Å². The number of ether oxygens (including phenoxy) is 1. The molecule has 1 fully saturated rings. The number of anilines is 1. The molecule has 0 bridgehead atoms. The number of piperidine rings is 1. The molecule has 1 aromatic rings. The molecule has 0 atom stereocenters. The molecule has 0 amide bonds. The molecule has 0 spiro atoms. The third kappa shape index (κ3) is 3.09. The molecule has 0 N–H and O–H groups in total. The normalized spacial score (nSPS) is 18.2. The molecule has 2 heterocycles. The standard InChI is InChI=1S/C11H14ClFN4O2/c1-2-19-8(18)11(13)3-5-17(6-4-11)10-15-7-14-9(12)16-10/h7H,2-6H2,1H3. The van der Waals surface area contributed by atoms with Crippen LogP contribution < -0.4 is 4.90 Å². The van der Waals surface area contributed by atoms with Gasteiger partial charge in [0.05, 0.1) is 6.61 Å². The van der Waals surface area contributed by atoms with Crippen LogP contribution in [0.3, 0.4) is 0 Å². The lowest BCUT2D eigenvalue weighted by Crippen LogP contribution is -2.47. The van der Waals surface area contributed by atoms with Gasteiger partial charge in [-0.1, -0.05) is 0 Å². The van der Waals surface area contributed by atoms with Gasteiger partial charge in [-0.25, -0.2) is 19.2 Å². The van der Waals surface area contributed by atoms with Crippen LogP contribution in [-0.2, 0) is 9.53 Å². The van der Waals surface area contributed by atoms with Crippen molar-refractivity contribution in [3.05, 3.63) is 11.6 Å². The molecule has 0 unspecified atom stereocenters. The number of halogens is 2. The van der Waals surface area contributed by atoms with Gasteiger partial charge >= 0.3 is 5.97 Å². The van der Waals surface area contributed by atoms with Gasteiger partial charge in [0, 0.05) is 25.9 Å². The van der Waals surface area contributed by atoms with Gasteiger partial charge in [0.2, 0.25) is 16.9 Å². The maximum atomic E-state index is 14.3. The van der Waals surface area contributed by atoms with Crippen LogP contribution in [0.5, 0.6) is 0 Å². The number of esters is 1. The number of carbonyl (C=O) groups excluding carboxylic acids is 1. The molecule has 1 aliphatic heterocycles. The molecule has 6 nitrogen and oxygen atoms in total. The lowest BCUT2D eigenvalue weighted by Gasteiger charge is -2.34. The first-order valence-electron chi connectivity index (χ1n) is 6.01. The van der Waals surface area contributed by atoms with Crippen LogP contribution in [0.15, 0.2) is 6.33 Å². The molecular weight excluding hydrogens is 275 g/mol. The second-order valence-corrected chi connectivity index (χ2v) is 4.57. The Bertz CT molecular complexity index is 466. The van der Waals surface area contributed by atoms with Gasteiger partial charge in [-0.3, -0.25) is 0 Å². The maximum Gasteiger partial charge on any atom is 0.344 e. The third-order valence-electron chi connectivity index (χ3n) is 3.01. The van der Waals surface area contributed by atoms with E-state index in [2.05, 4.69) is 15.0 Å². The van der Waals surface area contributed by atoms with Crippen molar-refractivity contribution in [2.24, 2.45) is 0 Å². The molecular formula is C11H14ClFN4O2. The average molecular weight is 289 g/mol. The number of carbonyl (C=O) groups is 1. The average Bonchev–Trinajstić information content (AvgIpc) is 2.40. The second kappa shape index (κ2) is 5.64. The summed E-state index contributed by atoms with van der Waals surface area (Å²) < 4.78 is 19.1. The van der Waals surface area contributed by atoms with Crippen LogP contribution in [0.2, 0.25) is 5.28 Å². The molecule has 1 aliphatic rings. The van der Waals surface area contributed by atoms with Crippen molar-refractivity contribution >= 4 is 23.5 Å². The summed E-state index contributed by atoms with van der Waals surface area (Å²) in [4.78, 5) is 24.9. The van der Waals surface area contributed by atoms with E-state index in [4.69, 9.17) is 16.3 Å². The number of alkyl halides is 1. The molecule has 0 aromatic carbocycles. The molecule has 0 aliphatic carbocycles. The van der Waals surface area contributed by atoms with Gasteiger partial charge in [0.15, 0.2) is 0 Å². The molecule has 8 heteroatoms. The van der Waals surface area contributed by atoms with Gasteiger partial charge in [-0.15, -0.1) is 0 Å². The third-order valence-corrected chi connectivity index (χ3v) is 3.19. The zero-order chi connectivity index (χ0) is 13.9. The Kier molecular flexibility index (Phi) is 4.14. The number of nitrogens with zero attached hydrogens (tertiary/aromatic N) is 4.